The van der Waals surface area contributed by atoms with Crippen LogP contribution in [0.15, 0.2) is 18.2 Å². The average molecular weight is 224 g/mol. The Morgan fingerprint density at radius 3 is 2.62 bits per heavy atom. The summed E-state index contributed by atoms with van der Waals surface area (Å²) in [6, 6.07) is 4.35. The Kier molecular flexibility index (Phi) is 4.47. The SMILES string of the molecule is CC(=O)c1ccc(OCCC(C)C)cc1F. The first kappa shape index (κ1) is 12.7. The number of benzene rings is 1. The molecule has 0 bridgehead atoms. The van der Waals surface area contributed by atoms with Gasteiger partial charge >= 0.3 is 0 Å². The maximum absolute atomic E-state index is 13.4. The van der Waals surface area contributed by atoms with Gasteiger partial charge in [0.25, 0.3) is 0 Å². The van der Waals surface area contributed by atoms with Crippen molar-refractivity contribution >= 4 is 5.78 Å². The minimum absolute atomic E-state index is 0.108. The first-order valence-electron chi connectivity index (χ1n) is 5.44. The molecule has 0 aliphatic carbocycles. The Bertz CT molecular complexity index is 372. The van der Waals surface area contributed by atoms with Gasteiger partial charge in [-0.3, -0.25) is 4.79 Å². The Morgan fingerprint density at radius 2 is 2.12 bits per heavy atom. The zero-order valence-corrected chi connectivity index (χ0v) is 9.92. The maximum atomic E-state index is 13.4. The van der Waals surface area contributed by atoms with Gasteiger partial charge in [0.2, 0.25) is 0 Å². The van der Waals surface area contributed by atoms with E-state index in [-0.39, 0.29) is 11.3 Å². The van der Waals surface area contributed by atoms with Crippen LogP contribution < -0.4 is 4.74 Å². The van der Waals surface area contributed by atoms with Crippen molar-refractivity contribution in [3.8, 4) is 5.75 Å². The van der Waals surface area contributed by atoms with Crippen molar-refractivity contribution < 1.29 is 13.9 Å². The summed E-state index contributed by atoms with van der Waals surface area (Å²) in [5.41, 5.74) is 0.108. The van der Waals surface area contributed by atoms with Crippen LogP contribution in [0, 0.1) is 11.7 Å². The smallest absolute Gasteiger partial charge is 0.162 e. The van der Waals surface area contributed by atoms with Gasteiger partial charge in [0.1, 0.15) is 11.6 Å². The van der Waals surface area contributed by atoms with Gasteiger partial charge in [-0.1, -0.05) is 13.8 Å². The molecular weight excluding hydrogens is 207 g/mol. The zero-order chi connectivity index (χ0) is 12.1. The molecule has 3 heteroatoms. The highest BCUT2D eigenvalue weighted by Crippen LogP contribution is 2.17. The Balaban J connectivity index is 2.63. The molecule has 0 fully saturated rings. The molecule has 0 atom stereocenters. The molecule has 0 saturated carbocycles. The van der Waals surface area contributed by atoms with Gasteiger partial charge in [0.15, 0.2) is 5.78 Å². The summed E-state index contributed by atoms with van der Waals surface area (Å²) in [7, 11) is 0. The molecule has 0 heterocycles. The maximum Gasteiger partial charge on any atom is 0.162 e. The molecule has 0 aromatic heterocycles. The summed E-state index contributed by atoms with van der Waals surface area (Å²) >= 11 is 0. The summed E-state index contributed by atoms with van der Waals surface area (Å²) in [6.07, 6.45) is 0.927. The van der Waals surface area contributed by atoms with Crippen LogP contribution in [0.2, 0.25) is 0 Å². The zero-order valence-electron chi connectivity index (χ0n) is 9.92. The number of halogens is 1. The Morgan fingerprint density at radius 1 is 1.44 bits per heavy atom. The van der Waals surface area contributed by atoms with Crippen LogP contribution in [0.1, 0.15) is 37.6 Å². The number of rotatable bonds is 5. The number of hydrogen-bond donors (Lipinski definition) is 0. The molecule has 0 radical (unpaired) electrons. The van der Waals surface area contributed by atoms with Crippen LogP contribution in [-0.2, 0) is 0 Å². The van der Waals surface area contributed by atoms with Crippen molar-refractivity contribution in [2.45, 2.75) is 27.2 Å². The van der Waals surface area contributed by atoms with Crippen LogP contribution in [0.4, 0.5) is 4.39 Å². The summed E-state index contributed by atoms with van der Waals surface area (Å²) < 4.78 is 18.8. The fourth-order valence-electron chi connectivity index (χ4n) is 1.28. The summed E-state index contributed by atoms with van der Waals surface area (Å²) in [6.45, 7) is 6.11. The predicted octanol–water partition coefficient (Wildman–Crippen LogP) is 3.45. The number of ether oxygens (including phenoxy) is 1. The summed E-state index contributed by atoms with van der Waals surface area (Å²) in [5, 5.41) is 0. The number of carbonyl (C=O) groups excluding carboxylic acids is 1. The first-order valence-corrected chi connectivity index (χ1v) is 5.44. The molecule has 0 N–H and O–H groups in total. The Hall–Kier alpha value is -1.38. The quantitative estimate of drug-likeness (QED) is 0.716. The molecule has 88 valence electrons. The molecule has 0 saturated heterocycles. The lowest BCUT2D eigenvalue weighted by Crippen LogP contribution is -2.03. The van der Waals surface area contributed by atoms with E-state index in [2.05, 4.69) is 13.8 Å². The summed E-state index contributed by atoms with van der Waals surface area (Å²) in [5.74, 6) is 0.241. The molecule has 16 heavy (non-hydrogen) atoms. The van der Waals surface area contributed by atoms with Gasteiger partial charge in [-0.15, -0.1) is 0 Å². The molecule has 1 aromatic carbocycles. The van der Waals surface area contributed by atoms with Crippen LogP contribution in [0.5, 0.6) is 5.75 Å². The fourth-order valence-corrected chi connectivity index (χ4v) is 1.28. The second kappa shape index (κ2) is 5.64. The molecule has 1 rings (SSSR count). The standard InChI is InChI=1S/C13H17FO2/c1-9(2)6-7-16-11-4-5-12(10(3)15)13(14)8-11/h4-5,8-9H,6-7H2,1-3H3. The van der Waals surface area contributed by atoms with Gasteiger partial charge in [0, 0.05) is 6.07 Å². The van der Waals surface area contributed by atoms with Crippen LogP contribution in [0.3, 0.4) is 0 Å². The van der Waals surface area contributed by atoms with E-state index in [1.165, 1.54) is 19.1 Å². The number of hydrogen-bond acceptors (Lipinski definition) is 2. The normalized spacial score (nSPS) is 10.6. The molecule has 0 unspecified atom stereocenters. The second-order valence-corrected chi connectivity index (χ2v) is 4.23. The lowest BCUT2D eigenvalue weighted by molar-refractivity contribution is 0.101. The molecular formula is C13H17FO2. The molecule has 0 amide bonds. The van der Waals surface area contributed by atoms with Crippen molar-refractivity contribution in [2.75, 3.05) is 6.61 Å². The van der Waals surface area contributed by atoms with Crippen molar-refractivity contribution in [2.24, 2.45) is 5.92 Å². The van der Waals surface area contributed by atoms with E-state index in [0.717, 1.165) is 6.42 Å². The minimum atomic E-state index is -0.519. The van der Waals surface area contributed by atoms with E-state index in [9.17, 15) is 9.18 Å². The van der Waals surface area contributed by atoms with Gasteiger partial charge in [-0.05, 0) is 31.4 Å². The molecule has 0 aliphatic heterocycles. The molecule has 1 aromatic rings. The topological polar surface area (TPSA) is 26.3 Å². The van der Waals surface area contributed by atoms with Crippen molar-refractivity contribution in [1.82, 2.24) is 0 Å². The van der Waals surface area contributed by atoms with E-state index in [0.29, 0.717) is 18.3 Å². The third-order valence-corrected chi connectivity index (χ3v) is 2.28. The average Bonchev–Trinajstić information content (AvgIpc) is 2.16. The van der Waals surface area contributed by atoms with Crippen LogP contribution >= 0.6 is 0 Å². The monoisotopic (exact) mass is 224 g/mol. The van der Waals surface area contributed by atoms with E-state index < -0.39 is 5.82 Å². The van der Waals surface area contributed by atoms with Crippen molar-refractivity contribution in [1.29, 1.82) is 0 Å². The highest BCUT2D eigenvalue weighted by molar-refractivity contribution is 5.94. The van der Waals surface area contributed by atoms with E-state index in [1.54, 1.807) is 6.07 Å². The Labute approximate surface area is 95.4 Å². The van der Waals surface area contributed by atoms with E-state index in [4.69, 9.17) is 4.74 Å². The third kappa shape index (κ3) is 3.65. The van der Waals surface area contributed by atoms with E-state index in [1.807, 2.05) is 0 Å². The number of Topliss-reactive ketones (excluding diaryl/α,β-unsaturated/α-hetero) is 1. The second-order valence-electron chi connectivity index (χ2n) is 4.23. The van der Waals surface area contributed by atoms with E-state index >= 15 is 0 Å². The summed E-state index contributed by atoms with van der Waals surface area (Å²) in [4.78, 5) is 11.0. The van der Waals surface area contributed by atoms with Gasteiger partial charge < -0.3 is 4.74 Å². The van der Waals surface area contributed by atoms with Crippen LogP contribution in [0.25, 0.3) is 0 Å². The van der Waals surface area contributed by atoms with Gasteiger partial charge in [0.05, 0.1) is 12.2 Å². The van der Waals surface area contributed by atoms with Crippen molar-refractivity contribution in [3.05, 3.63) is 29.6 Å². The fraction of sp³-hybridized carbons (Fsp3) is 0.462. The minimum Gasteiger partial charge on any atom is -0.493 e. The molecule has 0 spiro atoms. The number of carbonyl (C=O) groups is 1. The van der Waals surface area contributed by atoms with Gasteiger partial charge in [-0.2, -0.15) is 0 Å². The molecule has 0 aliphatic rings. The number of ketones is 1. The third-order valence-electron chi connectivity index (χ3n) is 2.28. The largest absolute Gasteiger partial charge is 0.493 e. The van der Waals surface area contributed by atoms with Crippen molar-refractivity contribution in [3.63, 3.8) is 0 Å². The van der Waals surface area contributed by atoms with Crippen LogP contribution in [-0.4, -0.2) is 12.4 Å². The predicted molar refractivity (Wildman–Crippen MR) is 61.4 cm³/mol. The highest BCUT2D eigenvalue weighted by Gasteiger charge is 2.08. The lowest BCUT2D eigenvalue weighted by Gasteiger charge is -2.08. The highest BCUT2D eigenvalue weighted by atomic mass is 19.1. The van der Waals surface area contributed by atoms with Gasteiger partial charge in [-0.25, -0.2) is 4.39 Å². The lowest BCUT2D eigenvalue weighted by atomic mass is 10.1. The molecule has 2 nitrogen and oxygen atoms in total. The first-order chi connectivity index (χ1) is 7.50.